The number of carbonyl (C=O) groups is 2. The largest absolute Gasteiger partial charge is 0.481 e. The van der Waals surface area contributed by atoms with Crippen LogP contribution < -0.4 is 0 Å². The van der Waals surface area contributed by atoms with Gasteiger partial charge in [0.15, 0.2) is 0 Å². The number of benzene rings is 1. The highest BCUT2D eigenvalue weighted by molar-refractivity contribution is 6.31. The van der Waals surface area contributed by atoms with Crippen LogP contribution in [0.4, 0.5) is 0 Å². The molecule has 20 heavy (non-hydrogen) atoms. The van der Waals surface area contributed by atoms with Gasteiger partial charge in [0.05, 0.1) is 11.3 Å². The number of carbonyl (C=O) groups excluding carboxylic acids is 1. The molecule has 0 spiro atoms. The zero-order chi connectivity index (χ0) is 14.9. The Morgan fingerprint density at radius 1 is 1.35 bits per heavy atom. The van der Waals surface area contributed by atoms with Crippen molar-refractivity contribution in [2.45, 2.75) is 25.7 Å². The van der Waals surface area contributed by atoms with E-state index < -0.39 is 17.3 Å². The topological polar surface area (TPSA) is 57.6 Å². The molecule has 1 fully saturated rings. The van der Waals surface area contributed by atoms with Gasteiger partial charge in [-0.3, -0.25) is 9.59 Å². The summed E-state index contributed by atoms with van der Waals surface area (Å²) < 4.78 is 0. The smallest absolute Gasteiger partial charge is 0.308 e. The Kier molecular flexibility index (Phi) is 4.04. The van der Waals surface area contributed by atoms with Crippen molar-refractivity contribution in [1.82, 2.24) is 4.90 Å². The summed E-state index contributed by atoms with van der Waals surface area (Å²) in [7, 11) is 0. The summed E-state index contributed by atoms with van der Waals surface area (Å²) in [5.74, 6) is -1.37. The quantitative estimate of drug-likeness (QED) is 0.932. The monoisotopic (exact) mass is 295 g/mol. The fraction of sp³-hybridized carbons (Fsp3) is 0.467. The van der Waals surface area contributed by atoms with E-state index in [1.165, 1.54) is 0 Å². The predicted molar refractivity (Wildman–Crippen MR) is 76.8 cm³/mol. The highest BCUT2D eigenvalue weighted by Crippen LogP contribution is 2.33. The fourth-order valence-electron chi connectivity index (χ4n) is 2.62. The summed E-state index contributed by atoms with van der Waals surface area (Å²) in [6.07, 6.45) is 0.514. The van der Waals surface area contributed by atoms with Crippen LogP contribution in [-0.4, -0.2) is 35.0 Å². The number of hydrogen-bond acceptors (Lipinski definition) is 2. The molecule has 108 valence electrons. The summed E-state index contributed by atoms with van der Waals surface area (Å²) in [4.78, 5) is 25.3. The minimum atomic E-state index is -0.837. The Morgan fingerprint density at radius 3 is 2.55 bits per heavy atom. The van der Waals surface area contributed by atoms with Crippen LogP contribution in [0.1, 0.15) is 25.8 Å². The highest BCUT2D eigenvalue weighted by atomic mass is 35.5. The van der Waals surface area contributed by atoms with Crippen molar-refractivity contribution in [3.63, 3.8) is 0 Å². The molecule has 1 aromatic rings. The summed E-state index contributed by atoms with van der Waals surface area (Å²) >= 11 is 6.17. The Balaban J connectivity index is 2.20. The number of likely N-dealkylation sites (tertiary alicyclic amines) is 1. The maximum atomic E-state index is 12.7. The Labute approximate surface area is 123 Å². The molecule has 2 rings (SSSR count). The molecule has 5 heteroatoms. The zero-order valence-corrected chi connectivity index (χ0v) is 12.4. The Bertz CT molecular complexity index is 542. The van der Waals surface area contributed by atoms with Crippen molar-refractivity contribution in [2.24, 2.45) is 5.92 Å². The molecule has 1 aliphatic rings. The number of halogens is 1. The highest BCUT2D eigenvalue weighted by Gasteiger charge is 2.39. The molecule has 0 bridgehead atoms. The number of aliphatic carboxylic acids is 1. The lowest BCUT2D eigenvalue weighted by atomic mass is 9.83. The van der Waals surface area contributed by atoms with E-state index in [0.29, 0.717) is 18.0 Å². The molecule has 0 aromatic heterocycles. The zero-order valence-electron chi connectivity index (χ0n) is 11.6. The van der Waals surface area contributed by atoms with Gasteiger partial charge in [0.2, 0.25) is 5.91 Å². The van der Waals surface area contributed by atoms with Crippen molar-refractivity contribution in [3.05, 3.63) is 34.9 Å². The van der Waals surface area contributed by atoms with Gasteiger partial charge in [0.1, 0.15) is 0 Å². The molecular weight excluding hydrogens is 278 g/mol. The fourth-order valence-corrected chi connectivity index (χ4v) is 3.00. The molecule has 0 radical (unpaired) electrons. The summed E-state index contributed by atoms with van der Waals surface area (Å²) in [6.45, 7) is 4.42. The van der Waals surface area contributed by atoms with E-state index in [2.05, 4.69) is 0 Å². The third kappa shape index (κ3) is 2.66. The molecule has 1 aromatic carbocycles. The van der Waals surface area contributed by atoms with Crippen LogP contribution in [0.5, 0.6) is 0 Å². The second-order valence-electron chi connectivity index (χ2n) is 5.68. The second kappa shape index (κ2) is 5.44. The summed E-state index contributed by atoms with van der Waals surface area (Å²) in [5, 5.41) is 9.57. The number of hydrogen-bond donors (Lipinski definition) is 1. The van der Waals surface area contributed by atoms with Crippen molar-refractivity contribution in [2.75, 3.05) is 13.1 Å². The number of rotatable bonds is 3. The molecule has 0 aliphatic carbocycles. The number of nitrogens with zero attached hydrogens (tertiary/aromatic N) is 1. The molecule has 1 atom stereocenters. The third-order valence-electron chi connectivity index (χ3n) is 3.91. The minimum absolute atomic E-state index is 0.0747. The van der Waals surface area contributed by atoms with Crippen LogP contribution >= 0.6 is 11.6 Å². The maximum absolute atomic E-state index is 12.7. The van der Waals surface area contributed by atoms with Gasteiger partial charge in [-0.15, -0.1) is 0 Å². The molecule has 1 heterocycles. The van der Waals surface area contributed by atoms with Gasteiger partial charge in [-0.2, -0.15) is 0 Å². The molecular formula is C15H18ClNO3. The first-order valence-corrected chi connectivity index (χ1v) is 6.99. The van der Waals surface area contributed by atoms with Gasteiger partial charge in [-0.25, -0.2) is 0 Å². The number of carboxylic acids is 1. The SMILES string of the molecule is CC(C)(C(=O)N1CC[C@@H](C(=O)O)C1)c1ccccc1Cl. The number of carboxylic acid groups (broad SMARTS) is 1. The van der Waals surface area contributed by atoms with E-state index in [9.17, 15) is 9.59 Å². The lowest BCUT2D eigenvalue weighted by molar-refractivity contribution is -0.141. The average Bonchev–Trinajstić information content (AvgIpc) is 2.87. The van der Waals surface area contributed by atoms with E-state index in [-0.39, 0.29) is 12.5 Å². The van der Waals surface area contributed by atoms with Crippen LogP contribution in [-0.2, 0) is 15.0 Å². The van der Waals surface area contributed by atoms with Gasteiger partial charge >= 0.3 is 5.97 Å². The van der Waals surface area contributed by atoms with Crippen LogP contribution in [0.25, 0.3) is 0 Å². The predicted octanol–water partition coefficient (Wildman–Crippen LogP) is 2.55. The van der Waals surface area contributed by atoms with E-state index >= 15 is 0 Å². The van der Waals surface area contributed by atoms with E-state index in [4.69, 9.17) is 16.7 Å². The van der Waals surface area contributed by atoms with Crippen molar-refractivity contribution in [3.8, 4) is 0 Å². The van der Waals surface area contributed by atoms with E-state index in [1.807, 2.05) is 32.0 Å². The first kappa shape index (κ1) is 14.9. The summed E-state index contributed by atoms with van der Waals surface area (Å²) in [6, 6.07) is 7.27. The molecule has 1 saturated heterocycles. The van der Waals surface area contributed by atoms with Crippen LogP contribution in [0.15, 0.2) is 24.3 Å². The van der Waals surface area contributed by atoms with Gasteiger partial charge < -0.3 is 10.0 Å². The Morgan fingerprint density at radius 2 is 2.00 bits per heavy atom. The third-order valence-corrected chi connectivity index (χ3v) is 4.24. The molecule has 0 saturated carbocycles. The van der Waals surface area contributed by atoms with Gasteiger partial charge in [0, 0.05) is 18.1 Å². The first-order chi connectivity index (χ1) is 9.34. The van der Waals surface area contributed by atoms with Crippen molar-refractivity contribution >= 4 is 23.5 Å². The maximum Gasteiger partial charge on any atom is 0.308 e. The van der Waals surface area contributed by atoms with E-state index in [0.717, 1.165) is 5.56 Å². The van der Waals surface area contributed by atoms with Gasteiger partial charge in [0.25, 0.3) is 0 Å². The van der Waals surface area contributed by atoms with Crippen LogP contribution in [0.2, 0.25) is 5.02 Å². The molecule has 1 N–H and O–H groups in total. The van der Waals surface area contributed by atoms with E-state index in [1.54, 1.807) is 11.0 Å². The Hall–Kier alpha value is -1.55. The van der Waals surface area contributed by atoms with Crippen LogP contribution in [0.3, 0.4) is 0 Å². The molecule has 0 unspecified atom stereocenters. The molecule has 4 nitrogen and oxygen atoms in total. The molecule has 1 amide bonds. The van der Waals surface area contributed by atoms with Crippen molar-refractivity contribution in [1.29, 1.82) is 0 Å². The number of amides is 1. The summed E-state index contributed by atoms with van der Waals surface area (Å²) in [5.41, 5.74) is 0.0107. The second-order valence-corrected chi connectivity index (χ2v) is 6.09. The minimum Gasteiger partial charge on any atom is -0.481 e. The average molecular weight is 296 g/mol. The van der Waals surface area contributed by atoms with Crippen LogP contribution in [0, 0.1) is 5.92 Å². The standard InChI is InChI=1S/C15H18ClNO3/c1-15(2,11-5-3-4-6-12(11)16)14(20)17-8-7-10(9-17)13(18)19/h3-6,10H,7-9H2,1-2H3,(H,18,19)/t10-/m1/s1. The normalized spacial score (nSPS) is 19.1. The lowest BCUT2D eigenvalue weighted by Gasteiger charge is -2.30. The van der Waals surface area contributed by atoms with Crippen molar-refractivity contribution < 1.29 is 14.7 Å². The first-order valence-electron chi connectivity index (χ1n) is 6.61. The lowest BCUT2D eigenvalue weighted by Crippen LogP contribution is -2.42. The van der Waals surface area contributed by atoms with Gasteiger partial charge in [-0.05, 0) is 31.9 Å². The molecule has 1 aliphatic heterocycles. The van der Waals surface area contributed by atoms with Gasteiger partial charge in [-0.1, -0.05) is 29.8 Å².